The lowest BCUT2D eigenvalue weighted by Gasteiger charge is -2.29. The average Bonchev–Trinajstić information content (AvgIpc) is 3.21. The SMILES string of the molecule is Nc1ccc(C2(NC(=O)N3CCOCC3)CC2)cc1. The van der Waals surface area contributed by atoms with E-state index in [-0.39, 0.29) is 11.6 Å². The van der Waals surface area contributed by atoms with Crippen LogP contribution in [0.2, 0.25) is 0 Å². The van der Waals surface area contributed by atoms with Crippen molar-refractivity contribution in [1.82, 2.24) is 10.2 Å². The smallest absolute Gasteiger partial charge is 0.318 e. The number of hydrogen-bond donors (Lipinski definition) is 2. The van der Waals surface area contributed by atoms with E-state index in [1.54, 1.807) is 0 Å². The fraction of sp³-hybridized carbons (Fsp3) is 0.500. The lowest BCUT2D eigenvalue weighted by Crippen LogP contribution is -2.49. The van der Waals surface area contributed by atoms with Gasteiger partial charge in [-0.3, -0.25) is 0 Å². The van der Waals surface area contributed by atoms with Crippen LogP contribution in [0.5, 0.6) is 0 Å². The zero-order valence-electron chi connectivity index (χ0n) is 10.9. The molecule has 5 nitrogen and oxygen atoms in total. The molecule has 3 N–H and O–H groups in total. The minimum atomic E-state index is -0.177. The summed E-state index contributed by atoms with van der Waals surface area (Å²) >= 11 is 0. The normalized spacial score (nSPS) is 20.9. The van der Waals surface area contributed by atoms with Crippen molar-refractivity contribution in [3.63, 3.8) is 0 Å². The molecule has 0 spiro atoms. The lowest BCUT2D eigenvalue weighted by molar-refractivity contribution is 0.0522. The zero-order valence-corrected chi connectivity index (χ0v) is 10.9. The number of carbonyl (C=O) groups is 1. The van der Waals surface area contributed by atoms with Crippen LogP contribution in [0.1, 0.15) is 18.4 Å². The number of rotatable bonds is 2. The standard InChI is InChI=1S/C14H19N3O2/c15-12-3-1-11(2-4-12)14(5-6-14)16-13(18)17-7-9-19-10-8-17/h1-4H,5-10,15H2,(H,16,18). The Morgan fingerprint density at radius 3 is 2.42 bits per heavy atom. The number of carbonyl (C=O) groups excluding carboxylic acids is 1. The molecule has 0 bridgehead atoms. The molecule has 19 heavy (non-hydrogen) atoms. The van der Waals surface area contributed by atoms with Crippen molar-refractivity contribution in [1.29, 1.82) is 0 Å². The van der Waals surface area contributed by atoms with Crippen molar-refractivity contribution in [2.45, 2.75) is 18.4 Å². The van der Waals surface area contributed by atoms with Gasteiger partial charge in [0.05, 0.1) is 18.8 Å². The fourth-order valence-corrected chi connectivity index (χ4v) is 2.46. The van der Waals surface area contributed by atoms with E-state index >= 15 is 0 Å². The summed E-state index contributed by atoms with van der Waals surface area (Å²) in [5.41, 5.74) is 7.41. The van der Waals surface area contributed by atoms with Gasteiger partial charge in [0.2, 0.25) is 0 Å². The summed E-state index contributed by atoms with van der Waals surface area (Å²) in [5.74, 6) is 0. The van der Waals surface area contributed by atoms with Gasteiger partial charge in [-0.05, 0) is 30.5 Å². The van der Waals surface area contributed by atoms with Crippen LogP contribution in [0.4, 0.5) is 10.5 Å². The van der Waals surface area contributed by atoms with Crippen LogP contribution in [-0.2, 0) is 10.3 Å². The number of anilines is 1. The number of nitrogens with one attached hydrogen (secondary N) is 1. The number of ether oxygens (including phenoxy) is 1. The molecule has 0 aromatic heterocycles. The Morgan fingerprint density at radius 1 is 1.21 bits per heavy atom. The molecule has 1 aliphatic heterocycles. The lowest BCUT2D eigenvalue weighted by atomic mass is 10.0. The zero-order chi connectivity index (χ0) is 13.3. The molecular formula is C14H19N3O2. The van der Waals surface area contributed by atoms with Gasteiger partial charge in [0.1, 0.15) is 0 Å². The third-order valence-electron chi connectivity index (χ3n) is 3.86. The fourth-order valence-electron chi connectivity index (χ4n) is 2.46. The molecule has 1 saturated carbocycles. The van der Waals surface area contributed by atoms with Crippen LogP contribution >= 0.6 is 0 Å². The second-order valence-corrected chi connectivity index (χ2v) is 5.23. The maximum Gasteiger partial charge on any atom is 0.318 e. The third kappa shape index (κ3) is 2.51. The summed E-state index contributed by atoms with van der Waals surface area (Å²) < 4.78 is 5.26. The monoisotopic (exact) mass is 261 g/mol. The molecule has 2 aliphatic rings. The first-order valence-electron chi connectivity index (χ1n) is 6.70. The molecule has 3 rings (SSSR count). The average molecular weight is 261 g/mol. The van der Waals surface area contributed by atoms with Crippen LogP contribution < -0.4 is 11.1 Å². The van der Waals surface area contributed by atoms with Gasteiger partial charge in [-0.2, -0.15) is 0 Å². The van der Waals surface area contributed by atoms with E-state index < -0.39 is 0 Å². The molecular weight excluding hydrogens is 242 g/mol. The first-order valence-corrected chi connectivity index (χ1v) is 6.70. The number of morpholine rings is 1. The number of hydrogen-bond acceptors (Lipinski definition) is 3. The first kappa shape index (κ1) is 12.3. The molecule has 1 saturated heterocycles. The quantitative estimate of drug-likeness (QED) is 0.788. The van der Waals surface area contributed by atoms with Crippen molar-refractivity contribution in [2.24, 2.45) is 0 Å². The van der Waals surface area contributed by atoms with Gasteiger partial charge >= 0.3 is 6.03 Å². The van der Waals surface area contributed by atoms with E-state index in [0.29, 0.717) is 26.3 Å². The summed E-state index contributed by atoms with van der Waals surface area (Å²) in [6.45, 7) is 2.60. The van der Waals surface area contributed by atoms with Crippen LogP contribution in [0.3, 0.4) is 0 Å². The summed E-state index contributed by atoms with van der Waals surface area (Å²) in [5, 5.41) is 3.16. The second kappa shape index (κ2) is 4.74. The maximum absolute atomic E-state index is 12.2. The number of nitrogen functional groups attached to an aromatic ring is 1. The maximum atomic E-state index is 12.2. The molecule has 0 atom stereocenters. The van der Waals surface area contributed by atoms with Crippen molar-refractivity contribution in [3.05, 3.63) is 29.8 Å². The molecule has 0 unspecified atom stereocenters. The Hall–Kier alpha value is -1.75. The summed E-state index contributed by atoms with van der Waals surface area (Å²) in [4.78, 5) is 14.0. The predicted molar refractivity (Wildman–Crippen MR) is 72.7 cm³/mol. The Bertz CT molecular complexity index is 462. The van der Waals surface area contributed by atoms with Gasteiger partial charge < -0.3 is 20.7 Å². The number of benzene rings is 1. The van der Waals surface area contributed by atoms with Crippen LogP contribution in [-0.4, -0.2) is 37.2 Å². The highest BCUT2D eigenvalue weighted by Crippen LogP contribution is 2.45. The Balaban J connectivity index is 1.68. The van der Waals surface area contributed by atoms with E-state index in [1.807, 2.05) is 29.2 Å². The summed E-state index contributed by atoms with van der Waals surface area (Å²) in [6, 6.07) is 7.79. The Labute approximate surface area is 112 Å². The molecule has 102 valence electrons. The number of nitrogens with zero attached hydrogens (tertiary/aromatic N) is 1. The molecule has 1 aromatic rings. The van der Waals surface area contributed by atoms with E-state index in [2.05, 4.69) is 5.32 Å². The van der Waals surface area contributed by atoms with Gasteiger partial charge in [-0.15, -0.1) is 0 Å². The second-order valence-electron chi connectivity index (χ2n) is 5.23. The van der Waals surface area contributed by atoms with Crippen molar-refractivity contribution in [3.8, 4) is 0 Å². The van der Waals surface area contributed by atoms with Gasteiger partial charge in [0.25, 0.3) is 0 Å². The van der Waals surface area contributed by atoms with Gasteiger partial charge in [-0.1, -0.05) is 12.1 Å². The number of urea groups is 1. The van der Waals surface area contributed by atoms with Crippen molar-refractivity contribution < 1.29 is 9.53 Å². The van der Waals surface area contributed by atoms with Crippen LogP contribution in [0.15, 0.2) is 24.3 Å². The highest BCUT2D eigenvalue weighted by Gasteiger charge is 2.46. The molecule has 2 fully saturated rings. The number of amides is 2. The van der Waals surface area contributed by atoms with Gasteiger partial charge in [0.15, 0.2) is 0 Å². The molecule has 0 radical (unpaired) electrons. The van der Waals surface area contributed by atoms with Crippen LogP contribution in [0.25, 0.3) is 0 Å². The topological polar surface area (TPSA) is 67.6 Å². The third-order valence-corrected chi connectivity index (χ3v) is 3.86. The van der Waals surface area contributed by atoms with Crippen molar-refractivity contribution in [2.75, 3.05) is 32.0 Å². The summed E-state index contributed by atoms with van der Waals surface area (Å²) in [6.07, 6.45) is 1.99. The summed E-state index contributed by atoms with van der Waals surface area (Å²) in [7, 11) is 0. The van der Waals surface area contributed by atoms with E-state index in [4.69, 9.17) is 10.5 Å². The minimum Gasteiger partial charge on any atom is -0.399 e. The van der Waals surface area contributed by atoms with Gasteiger partial charge in [-0.25, -0.2) is 4.79 Å². The Kier molecular flexibility index (Phi) is 3.06. The highest BCUT2D eigenvalue weighted by atomic mass is 16.5. The number of nitrogens with two attached hydrogens (primary N) is 1. The van der Waals surface area contributed by atoms with Gasteiger partial charge in [0, 0.05) is 18.8 Å². The van der Waals surface area contributed by atoms with Crippen molar-refractivity contribution >= 4 is 11.7 Å². The molecule has 1 heterocycles. The molecule has 2 amide bonds. The van der Waals surface area contributed by atoms with E-state index in [9.17, 15) is 4.79 Å². The molecule has 1 aliphatic carbocycles. The van der Waals surface area contributed by atoms with E-state index in [1.165, 1.54) is 0 Å². The predicted octanol–water partition coefficient (Wildman–Crippen LogP) is 1.30. The Morgan fingerprint density at radius 2 is 1.84 bits per heavy atom. The minimum absolute atomic E-state index is 0.0117. The molecule has 5 heteroatoms. The molecule has 1 aromatic carbocycles. The highest BCUT2D eigenvalue weighted by molar-refractivity contribution is 5.76. The van der Waals surface area contributed by atoms with Crippen LogP contribution in [0, 0.1) is 0 Å². The largest absolute Gasteiger partial charge is 0.399 e. The first-order chi connectivity index (χ1) is 9.20. The van der Waals surface area contributed by atoms with E-state index in [0.717, 1.165) is 24.1 Å².